The second-order valence-electron chi connectivity index (χ2n) is 3.64. The minimum absolute atomic E-state index is 0.0428. The zero-order chi connectivity index (χ0) is 8.72. The van der Waals surface area contributed by atoms with Gasteiger partial charge in [-0.25, -0.2) is 0 Å². The van der Waals surface area contributed by atoms with Crippen molar-refractivity contribution in [3.8, 4) is 0 Å². The van der Waals surface area contributed by atoms with Crippen molar-refractivity contribution >= 4 is 5.97 Å². The average Bonchev–Trinajstić information content (AvgIpc) is 2.62. The molecule has 0 spiro atoms. The van der Waals surface area contributed by atoms with Crippen molar-refractivity contribution in [2.75, 3.05) is 0 Å². The minimum atomic E-state index is -0.906. The number of rotatable bonds is 2. The van der Waals surface area contributed by atoms with Crippen LogP contribution in [-0.4, -0.2) is 29.3 Å². The van der Waals surface area contributed by atoms with Gasteiger partial charge in [-0.1, -0.05) is 0 Å². The highest BCUT2D eigenvalue weighted by atomic mass is 16.5. The van der Waals surface area contributed by atoms with Crippen LogP contribution in [0.25, 0.3) is 0 Å². The van der Waals surface area contributed by atoms with Crippen LogP contribution in [0, 0.1) is 5.92 Å². The molecule has 3 N–H and O–H groups in total. The molecule has 4 nitrogen and oxygen atoms in total. The fourth-order valence-electron chi connectivity index (χ4n) is 2.24. The van der Waals surface area contributed by atoms with E-state index in [1.165, 1.54) is 0 Å². The minimum Gasteiger partial charge on any atom is -0.480 e. The number of carboxylic acid groups (broad SMARTS) is 1. The smallest absolute Gasteiger partial charge is 0.320 e. The van der Waals surface area contributed by atoms with Crippen LogP contribution in [0.3, 0.4) is 0 Å². The molecule has 0 radical (unpaired) electrons. The predicted molar refractivity (Wildman–Crippen MR) is 41.6 cm³/mol. The Hall–Kier alpha value is -0.610. The van der Waals surface area contributed by atoms with Gasteiger partial charge in [-0.05, 0) is 19.3 Å². The van der Waals surface area contributed by atoms with Crippen molar-refractivity contribution in [1.82, 2.24) is 0 Å². The van der Waals surface area contributed by atoms with Crippen molar-refractivity contribution in [2.24, 2.45) is 11.7 Å². The summed E-state index contributed by atoms with van der Waals surface area (Å²) in [5.41, 5.74) is 5.53. The molecular weight excluding hydrogens is 158 g/mol. The number of hydrogen-bond donors (Lipinski definition) is 2. The Morgan fingerprint density at radius 1 is 1.58 bits per heavy atom. The van der Waals surface area contributed by atoms with Gasteiger partial charge < -0.3 is 15.6 Å². The number of aliphatic carboxylic acids is 1. The maximum Gasteiger partial charge on any atom is 0.320 e. The molecule has 4 heteroatoms. The summed E-state index contributed by atoms with van der Waals surface area (Å²) in [5.74, 6) is -0.864. The highest BCUT2D eigenvalue weighted by molar-refractivity contribution is 5.73. The summed E-state index contributed by atoms with van der Waals surface area (Å²) in [6.07, 6.45) is 3.29. The highest BCUT2D eigenvalue weighted by Crippen LogP contribution is 2.39. The zero-order valence-electron chi connectivity index (χ0n) is 6.77. The van der Waals surface area contributed by atoms with Crippen LogP contribution in [0.4, 0.5) is 0 Å². The van der Waals surface area contributed by atoms with E-state index in [0.717, 1.165) is 19.3 Å². The molecule has 0 aromatic rings. The van der Waals surface area contributed by atoms with E-state index >= 15 is 0 Å². The predicted octanol–water partition coefficient (Wildman–Crippen LogP) is -0.0342. The fraction of sp³-hybridized carbons (Fsp3) is 0.875. The SMILES string of the molecule is NC(C(=O)O)C1CC2CCC1O2. The summed E-state index contributed by atoms with van der Waals surface area (Å²) in [5, 5.41) is 8.69. The Balaban J connectivity index is 2.02. The van der Waals surface area contributed by atoms with Gasteiger partial charge in [0.15, 0.2) is 0 Å². The van der Waals surface area contributed by atoms with Gasteiger partial charge in [0.2, 0.25) is 0 Å². The molecule has 2 heterocycles. The Morgan fingerprint density at radius 3 is 2.75 bits per heavy atom. The second-order valence-corrected chi connectivity index (χ2v) is 3.64. The van der Waals surface area contributed by atoms with Crippen LogP contribution >= 0.6 is 0 Å². The molecule has 0 saturated carbocycles. The lowest BCUT2D eigenvalue weighted by Gasteiger charge is -2.21. The molecule has 68 valence electrons. The average molecular weight is 171 g/mol. The Labute approximate surface area is 70.7 Å². The summed E-state index contributed by atoms with van der Waals surface area (Å²) >= 11 is 0. The molecule has 0 aromatic carbocycles. The molecule has 12 heavy (non-hydrogen) atoms. The molecular formula is C8H13NO3. The summed E-state index contributed by atoms with van der Waals surface area (Å²) in [6, 6.07) is -0.736. The third-order valence-electron chi connectivity index (χ3n) is 2.90. The maximum atomic E-state index is 10.6. The second kappa shape index (κ2) is 2.71. The monoisotopic (exact) mass is 171 g/mol. The fourth-order valence-corrected chi connectivity index (χ4v) is 2.24. The van der Waals surface area contributed by atoms with E-state index in [-0.39, 0.29) is 18.1 Å². The molecule has 0 aliphatic carbocycles. The summed E-state index contributed by atoms with van der Waals surface area (Å²) in [6.45, 7) is 0. The van der Waals surface area contributed by atoms with Gasteiger partial charge in [-0.15, -0.1) is 0 Å². The standard InChI is InChI=1S/C8H13NO3/c9-7(8(10)11)5-3-4-1-2-6(5)12-4/h4-7H,1-3,9H2,(H,10,11). The molecule has 2 aliphatic heterocycles. The highest BCUT2D eigenvalue weighted by Gasteiger charge is 2.45. The third-order valence-corrected chi connectivity index (χ3v) is 2.90. The molecule has 2 bridgehead atoms. The Kier molecular flexibility index (Phi) is 1.81. The molecule has 0 amide bonds. The molecule has 2 rings (SSSR count). The maximum absolute atomic E-state index is 10.6. The molecule has 0 aromatic heterocycles. The normalized spacial score (nSPS) is 41.6. The van der Waals surface area contributed by atoms with E-state index < -0.39 is 12.0 Å². The van der Waals surface area contributed by atoms with Crippen LogP contribution in [0.1, 0.15) is 19.3 Å². The molecule has 4 atom stereocenters. The van der Waals surface area contributed by atoms with Gasteiger partial charge in [0, 0.05) is 5.92 Å². The van der Waals surface area contributed by atoms with Crippen LogP contribution < -0.4 is 5.73 Å². The quantitative estimate of drug-likeness (QED) is 0.611. The topological polar surface area (TPSA) is 72.6 Å². The largest absolute Gasteiger partial charge is 0.480 e. The molecule has 2 aliphatic rings. The summed E-state index contributed by atoms with van der Waals surface area (Å²) in [4.78, 5) is 10.6. The zero-order valence-corrected chi connectivity index (χ0v) is 6.77. The van der Waals surface area contributed by atoms with Crippen LogP contribution in [0.2, 0.25) is 0 Å². The number of carboxylic acids is 1. The van der Waals surface area contributed by atoms with E-state index in [1.54, 1.807) is 0 Å². The summed E-state index contributed by atoms with van der Waals surface area (Å²) < 4.78 is 5.51. The lowest BCUT2D eigenvalue weighted by molar-refractivity contribution is -0.140. The van der Waals surface area contributed by atoms with E-state index in [4.69, 9.17) is 15.6 Å². The first-order valence-corrected chi connectivity index (χ1v) is 4.32. The van der Waals surface area contributed by atoms with E-state index in [2.05, 4.69) is 0 Å². The Morgan fingerprint density at radius 2 is 2.33 bits per heavy atom. The van der Waals surface area contributed by atoms with E-state index in [1.807, 2.05) is 0 Å². The number of ether oxygens (including phenoxy) is 1. The van der Waals surface area contributed by atoms with Gasteiger partial charge in [0.05, 0.1) is 12.2 Å². The van der Waals surface area contributed by atoms with Gasteiger partial charge in [0.25, 0.3) is 0 Å². The first-order valence-electron chi connectivity index (χ1n) is 4.32. The van der Waals surface area contributed by atoms with Crippen LogP contribution in [0.15, 0.2) is 0 Å². The van der Waals surface area contributed by atoms with Crippen LogP contribution in [0.5, 0.6) is 0 Å². The van der Waals surface area contributed by atoms with Gasteiger partial charge in [0.1, 0.15) is 6.04 Å². The molecule has 4 unspecified atom stereocenters. The number of fused-ring (bicyclic) bond motifs is 2. The number of hydrogen-bond acceptors (Lipinski definition) is 3. The van der Waals surface area contributed by atoms with Gasteiger partial charge in [-0.2, -0.15) is 0 Å². The van der Waals surface area contributed by atoms with Gasteiger partial charge >= 0.3 is 5.97 Å². The van der Waals surface area contributed by atoms with Crippen molar-refractivity contribution in [3.05, 3.63) is 0 Å². The summed E-state index contributed by atoms with van der Waals surface area (Å²) in [7, 11) is 0. The van der Waals surface area contributed by atoms with Crippen LogP contribution in [-0.2, 0) is 9.53 Å². The molecule has 2 saturated heterocycles. The number of carbonyl (C=O) groups is 1. The third kappa shape index (κ3) is 1.11. The van der Waals surface area contributed by atoms with Crippen molar-refractivity contribution < 1.29 is 14.6 Å². The van der Waals surface area contributed by atoms with Crippen molar-refractivity contribution in [3.63, 3.8) is 0 Å². The Bertz CT molecular complexity index is 206. The van der Waals surface area contributed by atoms with Gasteiger partial charge in [-0.3, -0.25) is 4.79 Å². The van der Waals surface area contributed by atoms with Crippen molar-refractivity contribution in [1.29, 1.82) is 0 Å². The van der Waals surface area contributed by atoms with Crippen molar-refractivity contribution in [2.45, 2.75) is 37.5 Å². The first kappa shape index (κ1) is 8.01. The lowest BCUT2D eigenvalue weighted by atomic mass is 9.84. The first-order chi connectivity index (χ1) is 5.68. The van der Waals surface area contributed by atoms with E-state index in [9.17, 15) is 4.79 Å². The van der Waals surface area contributed by atoms with E-state index in [0.29, 0.717) is 0 Å². The molecule has 2 fully saturated rings. The lowest BCUT2D eigenvalue weighted by Crippen LogP contribution is -2.42. The number of nitrogens with two attached hydrogens (primary N) is 1.